The molecule has 0 saturated heterocycles. The van der Waals surface area contributed by atoms with Crippen molar-refractivity contribution in [3.05, 3.63) is 0 Å². The first kappa shape index (κ1) is 14.9. The molecule has 3 nitrogen and oxygen atoms in total. The third-order valence-electron chi connectivity index (χ3n) is 2.17. The Morgan fingerprint density at radius 2 is 1.67 bits per heavy atom. The van der Waals surface area contributed by atoms with Crippen LogP contribution < -0.4 is 5.32 Å². The van der Waals surface area contributed by atoms with Crippen LogP contribution in [-0.2, 0) is 9.84 Å². The molecular formula is C11H25NO2S. The normalized spacial score (nSPS) is 12.3. The van der Waals surface area contributed by atoms with Gasteiger partial charge in [0.05, 0.1) is 0 Å². The third-order valence-corrected chi connectivity index (χ3v) is 3.20. The summed E-state index contributed by atoms with van der Waals surface area (Å²) in [5, 5.41) is 3.37. The van der Waals surface area contributed by atoms with Crippen molar-refractivity contribution < 1.29 is 8.42 Å². The summed E-state index contributed by atoms with van der Waals surface area (Å²) in [5.41, 5.74) is 0. The van der Waals surface area contributed by atoms with Crippen molar-refractivity contribution in [1.29, 1.82) is 0 Å². The number of rotatable bonds is 9. The van der Waals surface area contributed by atoms with E-state index in [-0.39, 0.29) is 0 Å². The van der Waals surface area contributed by atoms with Gasteiger partial charge in [0.25, 0.3) is 0 Å². The van der Waals surface area contributed by atoms with E-state index in [1.807, 2.05) is 0 Å². The molecule has 0 bridgehead atoms. The van der Waals surface area contributed by atoms with Crippen LogP contribution in [0.5, 0.6) is 0 Å². The molecule has 0 aliphatic carbocycles. The molecule has 0 atom stereocenters. The van der Waals surface area contributed by atoms with E-state index in [1.54, 1.807) is 0 Å². The lowest BCUT2D eigenvalue weighted by molar-refractivity contribution is 0.528. The molecule has 0 aromatic carbocycles. The van der Waals surface area contributed by atoms with Gasteiger partial charge in [0.2, 0.25) is 0 Å². The lowest BCUT2D eigenvalue weighted by Gasteiger charge is -2.06. The van der Waals surface area contributed by atoms with Crippen molar-refractivity contribution in [2.45, 2.75) is 39.5 Å². The van der Waals surface area contributed by atoms with Crippen molar-refractivity contribution in [2.75, 3.05) is 25.1 Å². The second-order valence-electron chi connectivity index (χ2n) is 4.64. The van der Waals surface area contributed by atoms with Crippen molar-refractivity contribution in [1.82, 2.24) is 5.32 Å². The highest BCUT2D eigenvalue weighted by Gasteiger charge is 2.00. The highest BCUT2D eigenvalue weighted by molar-refractivity contribution is 7.90. The number of nitrogens with one attached hydrogen (secondary N) is 1. The van der Waals surface area contributed by atoms with E-state index >= 15 is 0 Å². The number of hydrogen-bond acceptors (Lipinski definition) is 3. The van der Waals surface area contributed by atoms with Crippen LogP contribution in [0.15, 0.2) is 0 Å². The maximum absolute atomic E-state index is 10.8. The third kappa shape index (κ3) is 13.9. The minimum atomic E-state index is -2.75. The average Bonchev–Trinajstić information content (AvgIpc) is 2.07. The molecule has 0 amide bonds. The standard InChI is InChI=1S/C11H25NO2S/c1-11(2)10-12-8-6-4-5-7-9-15(3,13)14/h11-12H,4-10H2,1-3H3. The number of unbranched alkanes of at least 4 members (excludes halogenated alkanes) is 3. The van der Waals surface area contributed by atoms with Gasteiger partial charge in [0.1, 0.15) is 9.84 Å². The molecule has 0 aromatic heterocycles. The van der Waals surface area contributed by atoms with Gasteiger partial charge in [-0.3, -0.25) is 0 Å². The van der Waals surface area contributed by atoms with E-state index in [9.17, 15) is 8.42 Å². The van der Waals surface area contributed by atoms with E-state index in [0.29, 0.717) is 11.7 Å². The zero-order valence-corrected chi connectivity index (χ0v) is 11.1. The molecule has 0 fully saturated rings. The van der Waals surface area contributed by atoms with Gasteiger partial charge in [-0.1, -0.05) is 26.7 Å². The lowest BCUT2D eigenvalue weighted by atomic mass is 10.2. The van der Waals surface area contributed by atoms with E-state index in [0.717, 1.165) is 38.8 Å². The van der Waals surface area contributed by atoms with Crippen LogP contribution in [-0.4, -0.2) is 33.5 Å². The summed E-state index contributed by atoms with van der Waals surface area (Å²) in [5.74, 6) is 1.04. The van der Waals surface area contributed by atoms with Crippen molar-refractivity contribution in [2.24, 2.45) is 5.92 Å². The molecule has 4 heteroatoms. The van der Waals surface area contributed by atoms with Gasteiger partial charge in [-0.2, -0.15) is 0 Å². The summed E-state index contributed by atoms with van der Waals surface area (Å²) in [6.07, 6.45) is 5.41. The first-order valence-electron chi connectivity index (χ1n) is 5.80. The zero-order chi connectivity index (χ0) is 11.7. The van der Waals surface area contributed by atoms with Gasteiger partial charge in [-0.05, 0) is 31.8 Å². The van der Waals surface area contributed by atoms with E-state index in [4.69, 9.17) is 0 Å². The molecule has 0 rings (SSSR count). The summed E-state index contributed by atoms with van der Waals surface area (Å²) >= 11 is 0. The van der Waals surface area contributed by atoms with Crippen molar-refractivity contribution >= 4 is 9.84 Å². The SMILES string of the molecule is CC(C)CNCCCCCCS(C)(=O)=O. The lowest BCUT2D eigenvalue weighted by Crippen LogP contribution is -2.20. The van der Waals surface area contributed by atoms with Crippen LogP contribution in [0.2, 0.25) is 0 Å². The molecular weight excluding hydrogens is 210 g/mol. The van der Waals surface area contributed by atoms with E-state index in [1.165, 1.54) is 6.26 Å². The minimum Gasteiger partial charge on any atom is -0.316 e. The van der Waals surface area contributed by atoms with Crippen molar-refractivity contribution in [3.63, 3.8) is 0 Å². The summed E-state index contributed by atoms with van der Waals surface area (Å²) in [7, 11) is -2.75. The molecule has 92 valence electrons. The van der Waals surface area contributed by atoms with Gasteiger partial charge < -0.3 is 5.32 Å². The predicted octanol–water partition coefficient (Wildman–Crippen LogP) is 1.84. The Balaban J connectivity index is 3.12. The van der Waals surface area contributed by atoms with Gasteiger partial charge in [-0.15, -0.1) is 0 Å². The zero-order valence-electron chi connectivity index (χ0n) is 10.3. The van der Waals surface area contributed by atoms with Gasteiger partial charge in [0.15, 0.2) is 0 Å². The highest BCUT2D eigenvalue weighted by Crippen LogP contribution is 2.01. The van der Waals surface area contributed by atoms with Gasteiger partial charge in [-0.25, -0.2) is 8.42 Å². The Morgan fingerprint density at radius 3 is 2.20 bits per heavy atom. The highest BCUT2D eigenvalue weighted by atomic mass is 32.2. The first-order valence-corrected chi connectivity index (χ1v) is 7.86. The molecule has 0 radical (unpaired) electrons. The largest absolute Gasteiger partial charge is 0.316 e. The Morgan fingerprint density at radius 1 is 1.07 bits per heavy atom. The van der Waals surface area contributed by atoms with Crippen molar-refractivity contribution in [3.8, 4) is 0 Å². The van der Waals surface area contributed by atoms with Gasteiger partial charge >= 0.3 is 0 Å². The fourth-order valence-corrected chi connectivity index (χ4v) is 2.09. The monoisotopic (exact) mass is 235 g/mol. The Hall–Kier alpha value is -0.0900. The summed E-state index contributed by atoms with van der Waals surface area (Å²) in [4.78, 5) is 0. The summed E-state index contributed by atoms with van der Waals surface area (Å²) < 4.78 is 21.7. The molecule has 0 saturated carbocycles. The Labute approximate surface area is 94.6 Å². The second kappa shape index (κ2) is 8.11. The fourth-order valence-electron chi connectivity index (χ4n) is 1.36. The molecule has 0 spiro atoms. The van der Waals surface area contributed by atoms with Crippen LogP contribution in [0.1, 0.15) is 39.5 Å². The van der Waals surface area contributed by atoms with E-state index in [2.05, 4.69) is 19.2 Å². The predicted molar refractivity (Wildman–Crippen MR) is 65.9 cm³/mol. The molecule has 0 aliphatic rings. The summed E-state index contributed by atoms with van der Waals surface area (Å²) in [6, 6.07) is 0. The molecule has 0 unspecified atom stereocenters. The smallest absolute Gasteiger partial charge is 0.147 e. The molecule has 0 aromatic rings. The Kier molecular flexibility index (Phi) is 8.06. The number of sulfone groups is 1. The summed E-state index contributed by atoms with van der Waals surface area (Å²) in [6.45, 7) is 6.51. The first-order chi connectivity index (χ1) is 6.92. The van der Waals surface area contributed by atoms with E-state index < -0.39 is 9.84 Å². The van der Waals surface area contributed by atoms with Crippen LogP contribution in [0.4, 0.5) is 0 Å². The fraction of sp³-hybridized carbons (Fsp3) is 1.00. The second-order valence-corrected chi connectivity index (χ2v) is 6.90. The number of hydrogen-bond donors (Lipinski definition) is 1. The maximum Gasteiger partial charge on any atom is 0.147 e. The Bertz CT molecular complexity index is 235. The van der Waals surface area contributed by atoms with Crippen LogP contribution >= 0.6 is 0 Å². The quantitative estimate of drug-likeness (QED) is 0.620. The molecule has 1 N–H and O–H groups in total. The average molecular weight is 235 g/mol. The van der Waals surface area contributed by atoms with Crippen LogP contribution in [0.25, 0.3) is 0 Å². The topological polar surface area (TPSA) is 46.2 Å². The van der Waals surface area contributed by atoms with Gasteiger partial charge in [0, 0.05) is 12.0 Å². The molecule has 0 aliphatic heterocycles. The molecule has 15 heavy (non-hydrogen) atoms. The van der Waals surface area contributed by atoms with Crippen LogP contribution in [0, 0.1) is 5.92 Å². The minimum absolute atomic E-state index is 0.340. The maximum atomic E-state index is 10.8. The molecule has 0 heterocycles. The van der Waals surface area contributed by atoms with Crippen LogP contribution in [0.3, 0.4) is 0 Å².